The minimum Gasteiger partial charge on any atom is -0.355 e. The predicted molar refractivity (Wildman–Crippen MR) is 97.1 cm³/mol. The number of fused-ring (bicyclic) bond motifs is 1. The average Bonchev–Trinajstić information content (AvgIpc) is 2.96. The van der Waals surface area contributed by atoms with Gasteiger partial charge < -0.3 is 15.5 Å². The molecule has 3 rings (SSSR count). The Labute approximate surface area is 150 Å². The highest BCUT2D eigenvalue weighted by atomic mass is 19.2. The standard InChI is InChI=1S/C19H20F2N4O/c1-22-19(24-12-13-6-7-15(20)16(21)10-13)23-8-9-25-17-5-3-2-4-14(17)11-18(25)26/h2-7,10H,8-9,11-12H2,1H3,(H2,22,23,24). The molecule has 0 aliphatic carbocycles. The van der Waals surface area contributed by atoms with Crippen molar-refractivity contribution in [2.24, 2.45) is 4.99 Å². The fourth-order valence-corrected chi connectivity index (χ4v) is 2.90. The van der Waals surface area contributed by atoms with Gasteiger partial charge in [0.25, 0.3) is 0 Å². The molecule has 5 nitrogen and oxygen atoms in total. The van der Waals surface area contributed by atoms with Crippen molar-refractivity contribution in [1.82, 2.24) is 10.6 Å². The number of anilines is 1. The molecule has 1 amide bonds. The van der Waals surface area contributed by atoms with Crippen molar-refractivity contribution in [3.63, 3.8) is 0 Å². The van der Waals surface area contributed by atoms with E-state index in [2.05, 4.69) is 15.6 Å². The van der Waals surface area contributed by atoms with Crippen LogP contribution in [0, 0.1) is 11.6 Å². The minimum absolute atomic E-state index is 0.0812. The quantitative estimate of drug-likeness (QED) is 0.637. The monoisotopic (exact) mass is 358 g/mol. The Bertz CT molecular complexity index is 838. The number of hydrogen-bond donors (Lipinski definition) is 2. The molecule has 26 heavy (non-hydrogen) atoms. The number of benzene rings is 2. The van der Waals surface area contributed by atoms with Gasteiger partial charge in [-0.2, -0.15) is 0 Å². The molecule has 0 saturated carbocycles. The SMILES string of the molecule is CN=C(NCCN1C(=O)Cc2ccccc21)NCc1ccc(F)c(F)c1. The maximum atomic E-state index is 13.2. The number of nitrogens with one attached hydrogen (secondary N) is 2. The van der Waals surface area contributed by atoms with Crippen molar-refractivity contribution in [1.29, 1.82) is 0 Å². The summed E-state index contributed by atoms with van der Waals surface area (Å²) < 4.78 is 26.2. The van der Waals surface area contributed by atoms with Crippen molar-refractivity contribution in [2.75, 3.05) is 25.0 Å². The number of nitrogens with zero attached hydrogens (tertiary/aromatic N) is 2. The fraction of sp³-hybridized carbons (Fsp3) is 0.263. The molecule has 0 spiro atoms. The summed E-state index contributed by atoms with van der Waals surface area (Å²) in [4.78, 5) is 18.0. The van der Waals surface area contributed by atoms with Crippen molar-refractivity contribution in [3.8, 4) is 0 Å². The average molecular weight is 358 g/mol. The summed E-state index contributed by atoms with van der Waals surface area (Å²) >= 11 is 0. The number of carbonyl (C=O) groups excluding carboxylic acids is 1. The number of hydrogen-bond acceptors (Lipinski definition) is 2. The van der Waals surface area contributed by atoms with Crippen LogP contribution in [0.3, 0.4) is 0 Å². The Morgan fingerprint density at radius 1 is 1.15 bits per heavy atom. The van der Waals surface area contributed by atoms with E-state index in [9.17, 15) is 13.6 Å². The molecule has 1 aliphatic heterocycles. The molecule has 0 bridgehead atoms. The molecule has 2 aromatic rings. The Hall–Kier alpha value is -2.96. The number of carbonyl (C=O) groups is 1. The van der Waals surface area contributed by atoms with Gasteiger partial charge in [0.05, 0.1) is 6.42 Å². The van der Waals surface area contributed by atoms with Crippen molar-refractivity contribution in [2.45, 2.75) is 13.0 Å². The third-order valence-corrected chi connectivity index (χ3v) is 4.22. The summed E-state index contributed by atoms with van der Waals surface area (Å²) in [6, 6.07) is 11.5. The second-order valence-electron chi connectivity index (χ2n) is 5.95. The molecule has 7 heteroatoms. The van der Waals surface area contributed by atoms with Crippen LogP contribution in [0.25, 0.3) is 0 Å². The fourth-order valence-electron chi connectivity index (χ4n) is 2.90. The largest absolute Gasteiger partial charge is 0.355 e. The summed E-state index contributed by atoms with van der Waals surface area (Å²) in [5.74, 6) is -1.14. The molecule has 0 saturated heterocycles. The first-order valence-corrected chi connectivity index (χ1v) is 8.35. The molecule has 1 aliphatic rings. The summed E-state index contributed by atoms with van der Waals surface area (Å²) in [5.41, 5.74) is 2.60. The number of rotatable bonds is 5. The lowest BCUT2D eigenvalue weighted by Gasteiger charge is -2.19. The first kappa shape index (κ1) is 17.8. The Balaban J connectivity index is 1.50. The lowest BCUT2D eigenvalue weighted by atomic mass is 10.2. The third kappa shape index (κ3) is 3.99. The van der Waals surface area contributed by atoms with E-state index in [-0.39, 0.29) is 5.91 Å². The number of guanidine groups is 1. The lowest BCUT2D eigenvalue weighted by molar-refractivity contribution is -0.117. The molecule has 136 valence electrons. The normalized spacial score (nSPS) is 13.7. The zero-order valence-corrected chi connectivity index (χ0v) is 14.4. The number of aliphatic imine (C=N–C) groups is 1. The molecule has 2 N–H and O–H groups in total. The van der Waals surface area contributed by atoms with Gasteiger partial charge in [-0.25, -0.2) is 8.78 Å². The summed E-state index contributed by atoms with van der Waals surface area (Å²) in [6.45, 7) is 1.33. The van der Waals surface area contributed by atoms with E-state index >= 15 is 0 Å². The first-order valence-electron chi connectivity index (χ1n) is 8.35. The van der Waals surface area contributed by atoms with Gasteiger partial charge in [-0.05, 0) is 29.3 Å². The topological polar surface area (TPSA) is 56.7 Å². The first-order chi connectivity index (χ1) is 12.6. The summed E-state index contributed by atoms with van der Waals surface area (Å²) in [6.07, 6.45) is 0.430. The van der Waals surface area contributed by atoms with Crippen molar-refractivity contribution in [3.05, 3.63) is 65.2 Å². The van der Waals surface area contributed by atoms with E-state index in [1.165, 1.54) is 6.07 Å². The van der Waals surface area contributed by atoms with Gasteiger partial charge in [0.2, 0.25) is 5.91 Å². The molecule has 0 unspecified atom stereocenters. The van der Waals surface area contributed by atoms with Crippen LogP contribution in [0.5, 0.6) is 0 Å². The van der Waals surface area contributed by atoms with E-state index in [4.69, 9.17) is 0 Å². The van der Waals surface area contributed by atoms with E-state index in [1.807, 2.05) is 24.3 Å². The highest BCUT2D eigenvalue weighted by Crippen LogP contribution is 2.27. The summed E-state index contributed by atoms with van der Waals surface area (Å²) in [7, 11) is 1.62. The molecule has 2 aromatic carbocycles. The smallest absolute Gasteiger partial charge is 0.231 e. The van der Waals surface area contributed by atoms with E-state index in [1.54, 1.807) is 11.9 Å². The van der Waals surface area contributed by atoms with Gasteiger partial charge >= 0.3 is 0 Å². The van der Waals surface area contributed by atoms with Gasteiger partial charge in [-0.1, -0.05) is 24.3 Å². The van der Waals surface area contributed by atoms with Crippen LogP contribution in [0.2, 0.25) is 0 Å². The molecule has 1 heterocycles. The predicted octanol–water partition coefficient (Wildman–Crippen LogP) is 2.22. The van der Waals surface area contributed by atoms with Crippen LogP contribution in [0.1, 0.15) is 11.1 Å². The molecule has 0 aromatic heterocycles. The van der Waals surface area contributed by atoms with Crippen LogP contribution < -0.4 is 15.5 Å². The van der Waals surface area contributed by atoms with E-state index < -0.39 is 11.6 Å². The second kappa shape index (κ2) is 7.95. The number of amides is 1. The zero-order chi connectivity index (χ0) is 18.5. The van der Waals surface area contributed by atoms with Crippen LogP contribution in [0.15, 0.2) is 47.5 Å². The number of halogens is 2. The molecular formula is C19H20F2N4O. The van der Waals surface area contributed by atoms with E-state index in [0.717, 1.165) is 23.4 Å². The second-order valence-corrected chi connectivity index (χ2v) is 5.95. The van der Waals surface area contributed by atoms with Crippen molar-refractivity contribution < 1.29 is 13.6 Å². The third-order valence-electron chi connectivity index (χ3n) is 4.22. The highest BCUT2D eigenvalue weighted by molar-refractivity contribution is 6.01. The van der Waals surface area contributed by atoms with Gasteiger partial charge in [0, 0.05) is 32.4 Å². The zero-order valence-electron chi connectivity index (χ0n) is 14.4. The summed E-state index contributed by atoms with van der Waals surface area (Å²) in [5, 5.41) is 6.16. The van der Waals surface area contributed by atoms with Gasteiger partial charge in [0.1, 0.15) is 0 Å². The molecule has 0 radical (unpaired) electrons. The van der Waals surface area contributed by atoms with Gasteiger partial charge in [0.15, 0.2) is 17.6 Å². The van der Waals surface area contributed by atoms with Gasteiger partial charge in [-0.15, -0.1) is 0 Å². The minimum atomic E-state index is -0.876. The highest BCUT2D eigenvalue weighted by Gasteiger charge is 2.26. The molecule has 0 fully saturated rings. The number of para-hydroxylation sites is 1. The maximum absolute atomic E-state index is 13.2. The molecule has 0 atom stereocenters. The van der Waals surface area contributed by atoms with Crippen molar-refractivity contribution >= 4 is 17.6 Å². The van der Waals surface area contributed by atoms with Crippen LogP contribution in [0.4, 0.5) is 14.5 Å². The Morgan fingerprint density at radius 2 is 1.96 bits per heavy atom. The van der Waals surface area contributed by atoms with E-state index in [0.29, 0.717) is 37.6 Å². The lowest BCUT2D eigenvalue weighted by Crippen LogP contribution is -2.42. The maximum Gasteiger partial charge on any atom is 0.231 e. The van der Waals surface area contributed by atoms with Crippen LogP contribution >= 0.6 is 0 Å². The van der Waals surface area contributed by atoms with Gasteiger partial charge in [-0.3, -0.25) is 9.79 Å². The molecular weight excluding hydrogens is 338 g/mol. The Kier molecular flexibility index (Phi) is 5.46. The van der Waals surface area contributed by atoms with Crippen LogP contribution in [-0.2, 0) is 17.8 Å². The van der Waals surface area contributed by atoms with Crippen LogP contribution in [-0.4, -0.2) is 32.0 Å². The Morgan fingerprint density at radius 3 is 2.73 bits per heavy atom.